The number of aromatic nitrogens is 2. The fourth-order valence-corrected chi connectivity index (χ4v) is 5.69. The molecule has 9 heteroatoms. The van der Waals surface area contributed by atoms with Crippen molar-refractivity contribution in [3.63, 3.8) is 0 Å². The Kier molecular flexibility index (Phi) is 6.21. The summed E-state index contributed by atoms with van der Waals surface area (Å²) in [5.41, 5.74) is 2.04. The highest BCUT2D eigenvalue weighted by molar-refractivity contribution is 7.88. The van der Waals surface area contributed by atoms with E-state index < -0.39 is 10.0 Å². The predicted molar refractivity (Wildman–Crippen MR) is 118 cm³/mol. The van der Waals surface area contributed by atoms with E-state index in [1.54, 1.807) is 28.6 Å². The van der Waals surface area contributed by atoms with Crippen molar-refractivity contribution >= 4 is 32.4 Å². The third kappa shape index (κ3) is 4.92. The maximum absolute atomic E-state index is 12.6. The van der Waals surface area contributed by atoms with E-state index >= 15 is 0 Å². The number of hydrogen-bond acceptors (Lipinski definition) is 6. The molecule has 7 nitrogen and oxygen atoms in total. The van der Waals surface area contributed by atoms with Gasteiger partial charge in [0.25, 0.3) is 5.91 Å². The first-order valence-corrected chi connectivity index (χ1v) is 12.2. The van der Waals surface area contributed by atoms with E-state index in [0.717, 1.165) is 29.8 Å². The van der Waals surface area contributed by atoms with Gasteiger partial charge in [0.05, 0.1) is 5.75 Å². The molecule has 3 aromatic rings. The molecule has 0 bridgehead atoms. The van der Waals surface area contributed by atoms with Crippen LogP contribution in [0.4, 0.5) is 5.13 Å². The molecule has 2 aromatic carbocycles. The summed E-state index contributed by atoms with van der Waals surface area (Å²) in [5.74, 6) is -0.359. The molecule has 4 rings (SSSR count). The van der Waals surface area contributed by atoms with E-state index in [-0.39, 0.29) is 11.7 Å². The summed E-state index contributed by atoms with van der Waals surface area (Å²) in [6.07, 6.45) is 2.91. The van der Waals surface area contributed by atoms with Crippen LogP contribution in [0.2, 0.25) is 0 Å². The minimum Gasteiger partial charge on any atom is -0.296 e. The lowest BCUT2D eigenvalue weighted by atomic mass is 10.1. The second kappa shape index (κ2) is 9.03. The third-order valence-electron chi connectivity index (χ3n) is 4.94. The molecule has 0 saturated carbocycles. The van der Waals surface area contributed by atoms with Crippen LogP contribution in [0, 0.1) is 0 Å². The maximum Gasteiger partial charge on any atom is 0.257 e. The minimum absolute atomic E-state index is 0.0499. The number of sulfonamides is 1. The van der Waals surface area contributed by atoms with Gasteiger partial charge < -0.3 is 0 Å². The molecular formula is C21H22N4O3S2. The lowest BCUT2D eigenvalue weighted by molar-refractivity contribution is 0.102. The van der Waals surface area contributed by atoms with Gasteiger partial charge >= 0.3 is 0 Å². The fraction of sp³-hybridized carbons (Fsp3) is 0.286. The van der Waals surface area contributed by atoms with Gasteiger partial charge in [-0.3, -0.25) is 10.1 Å². The number of piperidine rings is 1. The van der Waals surface area contributed by atoms with Crippen LogP contribution in [-0.4, -0.2) is 41.9 Å². The van der Waals surface area contributed by atoms with Gasteiger partial charge in [-0.25, -0.2) is 12.7 Å². The van der Waals surface area contributed by atoms with E-state index in [0.29, 0.717) is 29.3 Å². The molecule has 0 unspecified atom stereocenters. The number of carbonyl (C=O) groups excluding carboxylic acids is 1. The molecule has 1 aliphatic rings. The molecule has 30 heavy (non-hydrogen) atoms. The summed E-state index contributed by atoms with van der Waals surface area (Å²) < 4.78 is 26.7. The van der Waals surface area contributed by atoms with Crippen LogP contribution in [0.5, 0.6) is 0 Å². The van der Waals surface area contributed by atoms with Crippen molar-refractivity contribution in [1.29, 1.82) is 0 Å². The summed E-state index contributed by atoms with van der Waals surface area (Å²) in [6, 6.07) is 16.3. The Bertz CT molecular complexity index is 1110. The lowest BCUT2D eigenvalue weighted by Gasteiger charge is -2.25. The summed E-state index contributed by atoms with van der Waals surface area (Å²) >= 11 is 1.30. The van der Waals surface area contributed by atoms with Crippen LogP contribution in [0.25, 0.3) is 10.6 Å². The van der Waals surface area contributed by atoms with Crippen LogP contribution in [-0.2, 0) is 15.8 Å². The van der Waals surface area contributed by atoms with Crippen molar-refractivity contribution in [2.75, 3.05) is 18.4 Å². The van der Waals surface area contributed by atoms with E-state index in [2.05, 4.69) is 15.5 Å². The van der Waals surface area contributed by atoms with Gasteiger partial charge in [-0.2, -0.15) is 0 Å². The largest absolute Gasteiger partial charge is 0.296 e. The molecule has 0 spiro atoms. The Balaban J connectivity index is 1.39. The first-order valence-electron chi connectivity index (χ1n) is 9.78. The van der Waals surface area contributed by atoms with Gasteiger partial charge in [0.1, 0.15) is 5.01 Å². The van der Waals surface area contributed by atoms with Crippen molar-refractivity contribution < 1.29 is 13.2 Å². The molecule has 0 aliphatic carbocycles. The zero-order chi connectivity index (χ0) is 21.0. The van der Waals surface area contributed by atoms with Crippen LogP contribution < -0.4 is 5.32 Å². The van der Waals surface area contributed by atoms with E-state index in [1.165, 1.54) is 11.3 Å². The SMILES string of the molecule is O=C(Nc1nnc(-c2ccccc2)s1)c1ccc(CS(=O)(=O)N2CCCCC2)cc1. The topological polar surface area (TPSA) is 92.3 Å². The van der Waals surface area contributed by atoms with Gasteiger partial charge in [-0.15, -0.1) is 10.2 Å². The Morgan fingerprint density at radius 1 is 0.967 bits per heavy atom. The van der Waals surface area contributed by atoms with Gasteiger partial charge in [0.2, 0.25) is 15.2 Å². The number of nitrogens with one attached hydrogen (secondary N) is 1. The van der Waals surface area contributed by atoms with Crippen molar-refractivity contribution in [3.8, 4) is 10.6 Å². The average molecular weight is 443 g/mol. The summed E-state index contributed by atoms with van der Waals surface area (Å²) in [4.78, 5) is 12.5. The van der Waals surface area contributed by atoms with Gasteiger partial charge in [-0.1, -0.05) is 60.2 Å². The Morgan fingerprint density at radius 3 is 2.37 bits per heavy atom. The predicted octanol–water partition coefficient (Wildman–Crippen LogP) is 3.77. The lowest BCUT2D eigenvalue weighted by Crippen LogP contribution is -2.36. The fourth-order valence-electron chi connectivity index (χ4n) is 3.34. The van der Waals surface area contributed by atoms with Gasteiger partial charge in [0, 0.05) is 24.2 Å². The van der Waals surface area contributed by atoms with Crippen LogP contribution in [0.1, 0.15) is 35.2 Å². The number of hydrogen-bond donors (Lipinski definition) is 1. The molecule has 0 radical (unpaired) electrons. The van der Waals surface area contributed by atoms with Gasteiger partial charge in [0.15, 0.2) is 0 Å². The monoisotopic (exact) mass is 442 g/mol. The number of carbonyl (C=O) groups is 1. The second-order valence-electron chi connectivity index (χ2n) is 7.15. The molecule has 1 amide bonds. The average Bonchev–Trinajstić information content (AvgIpc) is 3.24. The quantitative estimate of drug-likeness (QED) is 0.627. The highest BCUT2D eigenvalue weighted by atomic mass is 32.2. The van der Waals surface area contributed by atoms with E-state index in [1.807, 2.05) is 30.3 Å². The standard InChI is InChI=1S/C21H22N4O3S2/c26-19(22-21-24-23-20(29-21)18-7-3-1-4-8-18)17-11-9-16(10-12-17)15-30(27,28)25-13-5-2-6-14-25/h1,3-4,7-12H,2,5-6,13-15H2,(H,22,24,26). The number of rotatable bonds is 6. The van der Waals surface area contributed by atoms with Crippen LogP contribution in [0.3, 0.4) is 0 Å². The first kappa shape index (κ1) is 20.6. The number of anilines is 1. The zero-order valence-electron chi connectivity index (χ0n) is 16.3. The highest BCUT2D eigenvalue weighted by Gasteiger charge is 2.24. The van der Waals surface area contributed by atoms with Crippen molar-refractivity contribution in [1.82, 2.24) is 14.5 Å². The van der Waals surface area contributed by atoms with E-state index in [9.17, 15) is 13.2 Å². The summed E-state index contributed by atoms with van der Waals surface area (Å²) in [5, 5.41) is 12.0. The second-order valence-corrected chi connectivity index (χ2v) is 10.1. The molecule has 0 atom stereocenters. The highest BCUT2D eigenvalue weighted by Crippen LogP contribution is 2.26. The first-order chi connectivity index (χ1) is 14.5. The molecule has 156 valence electrons. The Hall–Kier alpha value is -2.62. The number of amides is 1. The number of benzene rings is 2. The molecule has 1 fully saturated rings. The van der Waals surface area contributed by atoms with Crippen molar-refractivity contribution in [2.45, 2.75) is 25.0 Å². The Labute approximate surface area is 179 Å². The molecule has 1 aliphatic heterocycles. The normalized spacial score (nSPS) is 15.1. The number of nitrogens with zero attached hydrogens (tertiary/aromatic N) is 3. The summed E-state index contributed by atoms with van der Waals surface area (Å²) in [7, 11) is -3.33. The zero-order valence-corrected chi connectivity index (χ0v) is 18.0. The Morgan fingerprint density at radius 2 is 1.67 bits per heavy atom. The maximum atomic E-state index is 12.6. The minimum atomic E-state index is -3.33. The molecule has 2 heterocycles. The van der Waals surface area contributed by atoms with Crippen molar-refractivity contribution in [2.24, 2.45) is 0 Å². The van der Waals surface area contributed by atoms with E-state index in [4.69, 9.17) is 0 Å². The smallest absolute Gasteiger partial charge is 0.257 e. The molecule has 1 N–H and O–H groups in total. The molecule has 1 aromatic heterocycles. The summed E-state index contributed by atoms with van der Waals surface area (Å²) in [6.45, 7) is 1.19. The van der Waals surface area contributed by atoms with Gasteiger partial charge in [-0.05, 0) is 30.5 Å². The molecular weight excluding hydrogens is 420 g/mol. The van der Waals surface area contributed by atoms with Crippen LogP contribution >= 0.6 is 11.3 Å². The third-order valence-corrected chi connectivity index (χ3v) is 7.68. The van der Waals surface area contributed by atoms with Crippen molar-refractivity contribution in [3.05, 3.63) is 65.7 Å². The molecule has 1 saturated heterocycles. The van der Waals surface area contributed by atoms with Crippen LogP contribution in [0.15, 0.2) is 54.6 Å².